The molecule has 118 valence electrons. The highest BCUT2D eigenvalue weighted by atomic mass is 16.5. The molecule has 8 nitrogen and oxygen atoms in total. The lowest BCUT2D eigenvalue weighted by Gasteiger charge is -2.21. The van der Waals surface area contributed by atoms with E-state index in [1.165, 1.54) is 10.8 Å². The summed E-state index contributed by atoms with van der Waals surface area (Å²) in [5, 5.41) is 20.0. The molecular formula is C13H21N3O5. The van der Waals surface area contributed by atoms with Crippen LogP contribution in [0.2, 0.25) is 0 Å². The van der Waals surface area contributed by atoms with E-state index in [4.69, 9.17) is 10.5 Å². The molecule has 1 aromatic heterocycles. The fraction of sp³-hybridized carbons (Fsp3) is 0.692. The lowest BCUT2D eigenvalue weighted by atomic mass is 10.0. The van der Waals surface area contributed by atoms with Crippen molar-refractivity contribution in [3.63, 3.8) is 0 Å². The van der Waals surface area contributed by atoms with Crippen molar-refractivity contribution in [3.8, 4) is 0 Å². The van der Waals surface area contributed by atoms with Crippen LogP contribution in [0.3, 0.4) is 0 Å². The standard InChI is InChI=1S/C13H21N3O5/c1-7-6-16(13(20)15-12(7)19)10-5-9(18)11(21-10)8(17)3-2-4-14/h6,8-11,17-18H,2-5,14H2,1H3,(H,15,19,20)/t8-,9-,10+,11+/m0/s1. The third kappa shape index (κ3) is 3.41. The molecular weight excluding hydrogens is 278 g/mol. The third-order valence-electron chi connectivity index (χ3n) is 3.68. The minimum Gasteiger partial charge on any atom is -0.390 e. The van der Waals surface area contributed by atoms with Crippen LogP contribution in [-0.2, 0) is 4.74 Å². The van der Waals surface area contributed by atoms with E-state index in [2.05, 4.69) is 4.98 Å². The normalized spacial score (nSPS) is 27.0. The fourth-order valence-electron chi connectivity index (χ4n) is 2.49. The zero-order valence-corrected chi connectivity index (χ0v) is 11.9. The van der Waals surface area contributed by atoms with Gasteiger partial charge >= 0.3 is 5.69 Å². The first kappa shape index (κ1) is 15.9. The number of ether oxygens (including phenoxy) is 1. The maximum Gasteiger partial charge on any atom is 0.330 e. The molecule has 0 aliphatic carbocycles. The van der Waals surface area contributed by atoms with Gasteiger partial charge in [-0.25, -0.2) is 4.79 Å². The number of nitrogens with one attached hydrogen (secondary N) is 1. The van der Waals surface area contributed by atoms with Gasteiger partial charge in [-0.15, -0.1) is 0 Å². The number of aliphatic hydroxyl groups is 2. The summed E-state index contributed by atoms with van der Waals surface area (Å²) in [6, 6.07) is 0. The zero-order valence-electron chi connectivity index (χ0n) is 11.9. The summed E-state index contributed by atoms with van der Waals surface area (Å²) in [5.74, 6) is 0. The second-order valence-electron chi connectivity index (χ2n) is 5.34. The summed E-state index contributed by atoms with van der Waals surface area (Å²) in [7, 11) is 0. The Hall–Kier alpha value is -1.48. The van der Waals surface area contributed by atoms with Crippen LogP contribution in [0.1, 0.15) is 31.1 Å². The number of aryl methyl sites for hydroxylation is 1. The largest absolute Gasteiger partial charge is 0.390 e. The predicted molar refractivity (Wildman–Crippen MR) is 74.9 cm³/mol. The average molecular weight is 299 g/mol. The molecule has 0 amide bonds. The fourth-order valence-corrected chi connectivity index (χ4v) is 2.49. The Kier molecular flexibility index (Phi) is 4.94. The molecule has 8 heteroatoms. The van der Waals surface area contributed by atoms with Gasteiger partial charge in [0.05, 0.1) is 12.2 Å². The van der Waals surface area contributed by atoms with Crippen molar-refractivity contribution in [2.75, 3.05) is 6.54 Å². The van der Waals surface area contributed by atoms with Gasteiger partial charge in [-0.2, -0.15) is 0 Å². The Morgan fingerprint density at radius 2 is 2.29 bits per heavy atom. The van der Waals surface area contributed by atoms with E-state index >= 15 is 0 Å². The van der Waals surface area contributed by atoms with Crippen molar-refractivity contribution in [3.05, 3.63) is 32.6 Å². The highest BCUT2D eigenvalue weighted by molar-refractivity contribution is 5.02. The van der Waals surface area contributed by atoms with Crippen molar-refractivity contribution >= 4 is 0 Å². The van der Waals surface area contributed by atoms with E-state index in [1.54, 1.807) is 6.92 Å². The molecule has 1 fully saturated rings. The van der Waals surface area contributed by atoms with Gasteiger partial charge < -0.3 is 20.7 Å². The molecule has 4 atom stereocenters. The van der Waals surface area contributed by atoms with Crippen molar-refractivity contribution in [2.24, 2.45) is 5.73 Å². The maximum atomic E-state index is 11.8. The lowest BCUT2D eigenvalue weighted by molar-refractivity contribution is -0.0854. The molecule has 0 aromatic carbocycles. The number of nitrogens with zero attached hydrogens (tertiary/aromatic N) is 1. The van der Waals surface area contributed by atoms with Crippen LogP contribution in [0.5, 0.6) is 0 Å². The summed E-state index contributed by atoms with van der Waals surface area (Å²) in [4.78, 5) is 25.3. The van der Waals surface area contributed by atoms with E-state index in [1.807, 2.05) is 0 Å². The highest BCUT2D eigenvalue weighted by Gasteiger charge is 2.39. The molecule has 0 spiro atoms. The second kappa shape index (κ2) is 6.52. The number of nitrogens with two attached hydrogens (primary N) is 1. The van der Waals surface area contributed by atoms with E-state index in [0.717, 1.165) is 0 Å². The number of aliphatic hydroxyl groups excluding tert-OH is 2. The minimum absolute atomic E-state index is 0.176. The van der Waals surface area contributed by atoms with Gasteiger partial charge in [-0.3, -0.25) is 14.3 Å². The Morgan fingerprint density at radius 1 is 1.57 bits per heavy atom. The summed E-state index contributed by atoms with van der Waals surface area (Å²) in [6.45, 7) is 2.02. The molecule has 1 aromatic rings. The van der Waals surface area contributed by atoms with Gasteiger partial charge in [0.1, 0.15) is 12.3 Å². The van der Waals surface area contributed by atoms with Crippen LogP contribution in [-0.4, -0.2) is 44.6 Å². The quantitative estimate of drug-likeness (QED) is 0.528. The van der Waals surface area contributed by atoms with Crippen molar-refractivity contribution in [1.29, 1.82) is 0 Å². The molecule has 21 heavy (non-hydrogen) atoms. The Labute approximate surface area is 121 Å². The molecule has 1 saturated heterocycles. The topological polar surface area (TPSA) is 131 Å². The van der Waals surface area contributed by atoms with E-state index in [-0.39, 0.29) is 6.42 Å². The number of aromatic nitrogens is 2. The van der Waals surface area contributed by atoms with Gasteiger partial charge in [-0.05, 0) is 26.3 Å². The van der Waals surface area contributed by atoms with Crippen LogP contribution < -0.4 is 17.0 Å². The number of hydrogen-bond donors (Lipinski definition) is 4. The minimum atomic E-state index is -0.873. The number of aromatic amines is 1. The predicted octanol–water partition coefficient (Wildman–Crippen LogP) is -1.41. The summed E-state index contributed by atoms with van der Waals surface area (Å²) in [6.07, 6.45) is -0.569. The SMILES string of the molecule is Cc1cn([C@H]2C[C@H](O)[C@@H]([C@@H](O)CCCN)O2)c(=O)[nH]c1=O. The Morgan fingerprint density at radius 3 is 2.95 bits per heavy atom. The average Bonchev–Trinajstić information content (AvgIpc) is 2.82. The molecule has 1 aliphatic rings. The van der Waals surface area contributed by atoms with Crippen LogP contribution >= 0.6 is 0 Å². The van der Waals surface area contributed by atoms with Crippen LogP contribution in [0.4, 0.5) is 0 Å². The van der Waals surface area contributed by atoms with E-state index < -0.39 is 35.8 Å². The van der Waals surface area contributed by atoms with E-state index in [0.29, 0.717) is 24.9 Å². The number of H-pyrrole nitrogens is 1. The molecule has 0 saturated carbocycles. The van der Waals surface area contributed by atoms with Gasteiger partial charge in [0.15, 0.2) is 0 Å². The van der Waals surface area contributed by atoms with E-state index in [9.17, 15) is 19.8 Å². The van der Waals surface area contributed by atoms with Crippen LogP contribution in [0.15, 0.2) is 15.8 Å². The highest BCUT2D eigenvalue weighted by Crippen LogP contribution is 2.30. The molecule has 0 radical (unpaired) electrons. The molecule has 2 heterocycles. The number of rotatable bonds is 5. The first-order chi connectivity index (χ1) is 9.93. The zero-order chi connectivity index (χ0) is 15.6. The van der Waals surface area contributed by atoms with Gasteiger partial charge in [-0.1, -0.05) is 0 Å². The first-order valence-corrected chi connectivity index (χ1v) is 6.97. The van der Waals surface area contributed by atoms with Crippen LogP contribution in [0.25, 0.3) is 0 Å². The van der Waals surface area contributed by atoms with Gasteiger partial charge in [0, 0.05) is 18.2 Å². The number of hydrogen-bond acceptors (Lipinski definition) is 6. The molecule has 0 bridgehead atoms. The molecule has 5 N–H and O–H groups in total. The van der Waals surface area contributed by atoms with Gasteiger partial charge in [0.2, 0.25) is 0 Å². The maximum absolute atomic E-state index is 11.8. The summed E-state index contributed by atoms with van der Waals surface area (Å²) >= 11 is 0. The molecule has 1 aliphatic heterocycles. The monoisotopic (exact) mass is 299 g/mol. The molecule has 2 rings (SSSR count). The Bertz CT molecular complexity index is 596. The summed E-state index contributed by atoms with van der Waals surface area (Å²) in [5.41, 5.74) is 4.71. The van der Waals surface area contributed by atoms with Crippen molar-refractivity contribution in [1.82, 2.24) is 9.55 Å². The smallest absolute Gasteiger partial charge is 0.330 e. The van der Waals surface area contributed by atoms with Crippen molar-refractivity contribution in [2.45, 2.75) is 50.7 Å². The Balaban J connectivity index is 2.16. The van der Waals surface area contributed by atoms with Gasteiger partial charge in [0.25, 0.3) is 5.56 Å². The molecule has 0 unspecified atom stereocenters. The lowest BCUT2D eigenvalue weighted by Crippen LogP contribution is -2.36. The second-order valence-corrected chi connectivity index (χ2v) is 5.34. The van der Waals surface area contributed by atoms with Crippen molar-refractivity contribution < 1.29 is 14.9 Å². The third-order valence-corrected chi connectivity index (χ3v) is 3.68. The first-order valence-electron chi connectivity index (χ1n) is 6.97. The summed E-state index contributed by atoms with van der Waals surface area (Å²) < 4.78 is 6.83. The van der Waals surface area contributed by atoms with Crippen LogP contribution in [0, 0.1) is 6.92 Å².